The third kappa shape index (κ3) is 7.50. The van der Waals surface area contributed by atoms with Crippen LogP contribution < -0.4 is 31.1 Å². The molecule has 3 heterocycles. The maximum absolute atomic E-state index is 2.82. The predicted octanol–water partition coefficient (Wildman–Crippen LogP) is 17.9. The number of nitrogens with zero attached hydrogens (tertiary/aromatic N) is 3. The Morgan fingerprint density at radius 2 is 0.974 bits per heavy atom. The molecule has 3 aliphatic heterocycles. The quantitative estimate of drug-likeness (QED) is 0.159. The normalized spacial score (nSPS) is 20.7. The Kier molecular flexibility index (Phi) is 11.1. The van der Waals surface area contributed by atoms with Gasteiger partial charge in [0.05, 0.1) is 11.4 Å². The van der Waals surface area contributed by atoms with Crippen LogP contribution in [-0.2, 0) is 29.1 Å². The van der Waals surface area contributed by atoms with Crippen LogP contribution in [0.25, 0.3) is 22.3 Å². The molecule has 0 amide bonds. The highest BCUT2D eigenvalue weighted by molar-refractivity contribution is 7.00. The number of benzene rings is 8. The molecule has 0 spiro atoms. The zero-order valence-corrected chi connectivity index (χ0v) is 48.3. The highest BCUT2D eigenvalue weighted by Crippen LogP contribution is 2.65. The SMILES string of the molecule is Cc1cc2c3c(c1)N(c1ccc(C(C)(C)C)cc1-c1ccccc1)c1cc4c(cc1B3c1ccc(N3c5ccccc5C(C)(C)C5(C)CCCCC35C)cc1N2c1ccc(C(C)(C)C)cc1-c1ccccc1)CC(C)(C)C4. The molecule has 4 heteroatoms. The van der Waals surface area contributed by atoms with Crippen molar-refractivity contribution < 1.29 is 0 Å². The number of para-hydroxylation sites is 1. The van der Waals surface area contributed by atoms with Gasteiger partial charge in [-0.1, -0.05) is 192 Å². The highest BCUT2D eigenvalue weighted by Gasteiger charge is 2.62. The van der Waals surface area contributed by atoms with Crippen molar-refractivity contribution in [2.24, 2.45) is 10.8 Å². The van der Waals surface area contributed by atoms with Gasteiger partial charge in [0, 0.05) is 56.2 Å². The van der Waals surface area contributed by atoms with Gasteiger partial charge in [0.1, 0.15) is 0 Å². The molecule has 0 bridgehead atoms. The minimum absolute atomic E-state index is 0.00711. The Bertz CT molecular complexity index is 3680. The van der Waals surface area contributed by atoms with Gasteiger partial charge < -0.3 is 14.7 Å². The minimum Gasteiger partial charge on any atom is -0.335 e. The standard InChI is InChI=1S/C73H78BN3/c1-47-38-65-67-66(39-47)76(61-35-31-53(69(5,6)7)43-56(61)49-26-18-15-19-27-49)64-44-54(77-62-29-21-20-28-57(62)71(10,11)72(12)36-22-23-37-73(72,77)13)32-33-58(64)74(67)59-40-50-45-70(8,9)46-51(50)41-63(59)75(65)60-34-30-52(68(2,3)4)42-55(60)48-24-16-14-17-25-48/h14-21,24-35,38-44H,22-23,36-37,45-46H2,1-13H3. The van der Waals surface area contributed by atoms with Crippen LogP contribution in [0.1, 0.15) is 142 Å². The molecule has 1 saturated carbocycles. The predicted molar refractivity (Wildman–Crippen MR) is 331 cm³/mol. The lowest BCUT2D eigenvalue weighted by Gasteiger charge is -2.66. The maximum atomic E-state index is 2.82. The molecule has 5 aliphatic rings. The van der Waals surface area contributed by atoms with E-state index in [1.807, 2.05) is 0 Å². The monoisotopic (exact) mass is 1010 g/mol. The Morgan fingerprint density at radius 3 is 1.55 bits per heavy atom. The molecule has 13 rings (SSSR count). The Morgan fingerprint density at radius 1 is 0.455 bits per heavy atom. The zero-order valence-electron chi connectivity index (χ0n) is 48.3. The van der Waals surface area contributed by atoms with Crippen LogP contribution in [0.2, 0.25) is 0 Å². The van der Waals surface area contributed by atoms with Crippen LogP contribution in [0.3, 0.4) is 0 Å². The van der Waals surface area contributed by atoms with Gasteiger partial charge in [0.15, 0.2) is 0 Å². The average Bonchev–Trinajstić information content (AvgIpc) is 3.88. The molecular weight excluding hydrogens is 930 g/mol. The summed E-state index contributed by atoms with van der Waals surface area (Å²) in [6.45, 7) is 31.6. The molecule has 8 aromatic rings. The van der Waals surface area contributed by atoms with Crippen LogP contribution in [0.15, 0.2) is 164 Å². The van der Waals surface area contributed by atoms with Crippen LogP contribution in [0, 0.1) is 17.8 Å². The number of anilines is 8. The molecule has 0 radical (unpaired) electrons. The van der Waals surface area contributed by atoms with Crippen molar-refractivity contribution >= 4 is 68.6 Å². The first-order chi connectivity index (χ1) is 36.6. The summed E-state index contributed by atoms with van der Waals surface area (Å²) in [5.74, 6) is 0. The summed E-state index contributed by atoms with van der Waals surface area (Å²) < 4.78 is 0. The van der Waals surface area contributed by atoms with Crippen molar-refractivity contribution in [2.45, 2.75) is 150 Å². The van der Waals surface area contributed by atoms with Crippen molar-refractivity contribution in [3.8, 4) is 22.3 Å². The molecule has 0 saturated heterocycles. The van der Waals surface area contributed by atoms with E-state index in [0.717, 1.165) is 19.3 Å². The topological polar surface area (TPSA) is 9.72 Å². The molecule has 1 fully saturated rings. The number of fused-ring (bicyclic) bond motifs is 7. The van der Waals surface area contributed by atoms with Crippen LogP contribution >= 0.6 is 0 Å². The smallest absolute Gasteiger partial charge is 0.252 e. The average molecular weight is 1010 g/mol. The first-order valence-electron chi connectivity index (χ1n) is 28.9. The molecule has 3 nitrogen and oxygen atoms in total. The lowest BCUT2D eigenvalue weighted by atomic mass is 9.33. The zero-order chi connectivity index (χ0) is 53.8. The van der Waals surface area contributed by atoms with Gasteiger partial charge in [-0.05, 0) is 183 Å². The molecular formula is C73H78BN3. The molecule has 77 heavy (non-hydrogen) atoms. The molecule has 8 aromatic carbocycles. The van der Waals surface area contributed by atoms with Crippen molar-refractivity contribution in [1.82, 2.24) is 0 Å². The summed E-state index contributed by atoms with van der Waals surface area (Å²) in [7, 11) is 0. The molecule has 2 unspecified atom stereocenters. The third-order valence-electron chi connectivity index (χ3n) is 20.0. The summed E-state index contributed by atoms with van der Waals surface area (Å²) in [6.07, 6.45) is 6.99. The molecule has 2 atom stereocenters. The summed E-state index contributed by atoms with van der Waals surface area (Å²) in [5, 5.41) is 0. The number of rotatable bonds is 5. The van der Waals surface area contributed by atoms with Gasteiger partial charge in [0.2, 0.25) is 0 Å². The fourth-order valence-corrected chi connectivity index (χ4v) is 15.4. The van der Waals surface area contributed by atoms with Gasteiger partial charge in [-0.2, -0.15) is 0 Å². The van der Waals surface area contributed by atoms with E-state index in [4.69, 9.17) is 0 Å². The van der Waals surface area contributed by atoms with Gasteiger partial charge in [0.25, 0.3) is 6.71 Å². The van der Waals surface area contributed by atoms with E-state index in [1.165, 1.54) is 137 Å². The second-order valence-electron chi connectivity index (χ2n) is 27.7. The largest absolute Gasteiger partial charge is 0.335 e. The molecule has 2 aliphatic carbocycles. The van der Waals surface area contributed by atoms with Crippen molar-refractivity contribution in [1.29, 1.82) is 0 Å². The van der Waals surface area contributed by atoms with E-state index < -0.39 is 0 Å². The Hall–Kier alpha value is -6.78. The first kappa shape index (κ1) is 49.8. The minimum atomic E-state index is -0.119. The summed E-state index contributed by atoms with van der Waals surface area (Å²) in [4.78, 5) is 8.22. The summed E-state index contributed by atoms with van der Waals surface area (Å²) in [5.41, 5.74) is 27.6. The highest BCUT2D eigenvalue weighted by atomic mass is 15.3. The Labute approximate surface area is 461 Å². The summed E-state index contributed by atoms with van der Waals surface area (Å²) >= 11 is 0. The van der Waals surface area contributed by atoms with Gasteiger partial charge in [-0.15, -0.1) is 0 Å². The summed E-state index contributed by atoms with van der Waals surface area (Å²) in [6, 6.07) is 64.4. The van der Waals surface area contributed by atoms with Crippen LogP contribution in [-0.4, -0.2) is 12.3 Å². The number of hydrogen-bond acceptors (Lipinski definition) is 3. The van der Waals surface area contributed by atoms with Crippen molar-refractivity contribution in [3.05, 3.63) is 197 Å². The van der Waals surface area contributed by atoms with E-state index in [2.05, 4.69) is 269 Å². The van der Waals surface area contributed by atoms with Crippen LogP contribution in [0.4, 0.5) is 45.5 Å². The van der Waals surface area contributed by atoms with E-state index in [0.29, 0.717) is 0 Å². The van der Waals surface area contributed by atoms with Gasteiger partial charge in [-0.3, -0.25) is 0 Å². The third-order valence-corrected chi connectivity index (χ3v) is 20.0. The Balaban J connectivity index is 1.14. The van der Waals surface area contributed by atoms with E-state index in [9.17, 15) is 0 Å². The number of hydrogen-bond donors (Lipinski definition) is 0. The molecule has 388 valence electrons. The molecule has 0 aromatic heterocycles. The lowest BCUT2D eigenvalue weighted by molar-refractivity contribution is 0.0106. The van der Waals surface area contributed by atoms with E-state index in [-0.39, 0.29) is 39.3 Å². The lowest BCUT2D eigenvalue weighted by Crippen LogP contribution is -2.67. The van der Waals surface area contributed by atoms with Crippen molar-refractivity contribution in [3.63, 3.8) is 0 Å². The van der Waals surface area contributed by atoms with E-state index in [1.54, 1.807) is 0 Å². The van der Waals surface area contributed by atoms with Crippen LogP contribution in [0.5, 0.6) is 0 Å². The molecule has 0 N–H and O–H groups in total. The number of aryl methyl sites for hydroxylation is 1. The van der Waals surface area contributed by atoms with Crippen molar-refractivity contribution in [2.75, 3.05) is 14.7 Å². The van der Waals surface area contributed by atoms with Gasteiger partial charge in [-0.25, -0.2) is 0 Å². The fourth-order valence-electron chi connectivity index (χ4n) is 15.4. The first-order valence-corrected chi connectivity index (χ1v) is 28.9. The second-order valence-corrected chi connectivity index (χ2v) is 27.7. The second kappa shape index (κ2) is 17.1. The van der Waals surface area contributed by atoms with E-state index >= 15 is 0 Å². The van der Waals surface area contributed by atoms with Gasteiger partial charge >= 0.3 is 0 Å². The fraction of sp³-hybridized carbons (Fsp3) is 0.342. The maximum Gasteiger partial charge on any atom is 0.252 e.